The maximum atomic E-state index is 13.0. The molecule has 0 aromatic heterocycles. The Hall–Kier alpha value is -2.11. The van der Waals surface area contributed by atoms with Crippen LogP contribution in [0.1, 0.15) is 26.7 Å². The molecule has 2 atom stereocenters. The maximum Gasteiger partial charge on any atom is 0.303 e. The van der Waals surface area contributed by atoms with Crippen molar-refractivity contribution >= 4 is 11.9 Å². The zero-order chi connectivity index (χ0) is 15.1. The van der Waals surface area contributed by atoms with Gasteiger partial charge in [0.05, 0.1) is 0 Å². The summed E-state index contributed by atoms with van der Waals surface area (Å²) in [6.07, 6.45) is -0.460. The summed E-state index contributed by atoms with van der Waals surface area (Å²) in [5.41, 5.74) is 0. The molecule has 2 unspecified atom stereocenters. The van der Waals surface area contributed by atoms with Gasteiger partial charge in [0.1, 0.15) is 11.6 Å². The molecule has 1 amide bonds. The largest absolute Gasteiger partial charge is 0.481 e. The lowest BCUT2D eigenvalue weighted by atomic mass is 10.2. The Morgan fingerprint density at radius 1 is 1.40 bits per heavy atom. The highest BCUT2D eigenvalue weighted by molar-refractivity contribution is 5.81. The lowest BCUT2D eigenvalue weighted by molar-refractivity contribution is -0.137. The summed E-state index contributed by atoms with van der Waals surface area (Å²) in [5, 5.41) is 11.2. The number of ether oxygens (including phenoxy) is 1. The van der Waals surface area contributed by atoms with E-state index in [1.165, 1.54) is 18.2 Å². The van der Waals surface area contributed by atoms with Crippen LogP contribution in [0.2, 0.25) is 0 Å². The van der Waals surface area contributed by atoms with Crippen molar-refractivity contribution < 1.29 is 23.8 Å². The van der Waals surface area contributed by atoms with Gasteiger partial charge in [0.25, 0.3) is 5.91 Å². The SMILES string of the molecule is CC(CCC(=O)O)NC(=O)C(C)Oc1cccc(F)c1. The second kappa shape index (κ2) is 7.47. The number of carboxylic acid groups (broad SMARTS) is 1. The molecule has 0 aliphatic heterocycles. The monoisotopic (exact) mass is 283 g/mol. The Labute approximate surface area is 116 Å². The van der Waals surface area contributed by atoms with Crippen LogP contribution in [0.15, 0.2) is 24.3 Å². The first-order chi connectivity index (χ1) is 9.38. The van der Waals surface area contributed by atoms with E-state index >= 15 is 0 Å². The highest BCUT2D eigenvalue weighted by atomic mass is 19.1. The molecule has 1 aromatic rings. The molecule has 0 fully saturated rings. The number of hydrogen-bond acceptors (Lipinski definition) is 3. The Bertz CT molecular complexity index is 478. The molecule has 0 saturated heterocycles. The van der Waals surface area contributed by atoms with Crippen molar-refractivity contribution in [2.75, 3.05) is 0 Å². The molecule has 0 radical (unpaired) electrons. The molecule has 0 bridgehead atoms. The lowest BCUT2D eigenvalue weighted by Crippen LogP contribution is -2.41. The maximum absolute atomic E-state index is 13.0. The van der Waals surface area contributed by atoms with Crippen LogP contribution in [-0.4, -0.2) is 29.1 Å². The molecule has 6 heteroatoms. The van der Waals surface area contributed by atoms with Crippen LogP contribution in [0.25, 0.3) is 0 Å². The Balaban J connectivity index is 2.44. The van der Waals surface area contributed by atoms with Crippen LogP contribution in [-0.2, 0) is 9.59 Å². The van der Waals surface area contributed by atoms with Crippen LogP contribution in [0.3, 0.4) is 0 Å². The minimum absolute atomic E-state index is 0.0133. The predicted octanol–water partition coefficient (Wildman–Crippen LogP) is 1.96. The first kappa shape index (κ1) is 15.9. The van der Waals surface area contributed by atoms with Gasteiger partial charge >= 0.3 is 5.97 Å². The Morgan fingerprint density at radius 3 is 2.70 bits per heavy atom. The molecule has 0 aliphatic carbocycles. The molecule has 0 spiro atoms. The molecule has 0 aliphatic rings. The summed E-state index contributed by atoms with van der Waals surface area (Å²) < 4.78 is 18.3. The third kappa shape index (κ3) is 5.69. The molecule has 5 nitrogen and oxygen atoms in total. The van der Waals surface area contributed by atoms with Crippen LogP contribution in [0.5, 0.6) is 5.75 Å². The number of aliphatic carboxylic acids is 1. The first-order valence-corrected chi connectivity index (χ1v) is 6.33. The van der Waals surface area contributed by atoms with Crippen molar-refractivity contribution in [2.24, 2.45) is 0 Å². The van der Waals surface area contributed by atoms with Gasteiger partial charge in [-0.2, -0.15) is 0 Å². The molecule has 0 heterocycles. The van der Waals surface area contributed by atoms with Gasteiger partial charge in [0.15, 0.2) is 6.10 Å². The molecule has 1 aromatic carbocycles. The zero-order valence-electron chi connectivity index (χ0n) is 11.4. The number of benzene rings is 1. The normalized spacial score (nSPS) is 13.3. The average Bonchev–Trinajstić information content (AvgIpc) is 2.36. The summed E-state index contributed by atoms with van der Waals surface area (Å²) in [6.45, 7) is 3.26. The van der Waals surface area contributed by atoms with E-state index in [9.17, 15) is 14.0 Å². The smallest absolute Gasteiger partial charge is 0.303 e. The summed E-state index contributed by atoms with van der Waals surface area (Å²) in [4.78, 5) is 22.2. The van der Waals surface area contributed by atoms with Crippen molar-refractivity contribution in [3.8, 4) is 5.75 Å². The quantitative estimate of drug-likeness (QED) is 0.802. The zero-order valence-corrected chi connectivity index (χ0v) is 11.4. The van der Waals surface area contributed by atoms with E-state index in [1.807, 2.05) is 0 Å². The molecule has 2 N–H and O–H groups in total. The van der Waals surface area contributed by atoms with E-state index in [-0.39, 0.29) is 24.1 Å². The van der Waals surface area contributed by atoms with E-state index in [2.05, 4.69) is 5.32 Å². The number of amides is 1. The van der Waals surface area contributed by atoms with E-state index in [1.54, 1.807) is 19.9 Å². The van der Waals surface area contributed by atoms with Gasteiger partial charge in [-0.15, -0.1) is 0 Å². The van der Waals surface area contributed by atoms with Gasteiger partial charge in [-0.1, -0.05) is 6.07 Å². The molecule has 0 saturated carbocycles. The third-order valence-corrected chi connectivity index (χ3v) is 2.66. The van der Waals surface area contributed by atoms with Crippen LogP contribution >= 0.6 is 0 Å². The van der Waals surface area contributed by atoms with Crippen molar-refractivity contribution in [1.29, 1.82) is 0 Å². The highest BCUT2D eigenvalue weighted by Crippen LogP contribution is 2.13. The predicted molar refractivity (Wildman–Crippen MR) is 71.0 cm³/mol. The van der Waals surface area contributed by atoms with Crippen molar-refractivity contribution in [1.82, 2.24) is 5.32 Å². The number of nitrogens with one attached hydrogen (secondary N) is 1. The second-order valence-electron chi connectivity index (χ2n) is 4.56. The summed E-state index contributed by atoms with van der Waals surface area (Å²) >= 11 is 0. The highest BCUT2D eigenvalue weighted by Gasteiger charge is 2.17. The van der Waals surface area contributed by atoms with Gasteiger partial charge in [-0.05, 0) is 32.4 Å². The Kier molecular flexibility index (Phi) is 5.96. The number of hydrogen-bond donors (Lipinski definition) is 2. The van der Waals surface area contributed by atoms with Gasteiger partial charge in [0.2, 0.25) is 0 Å². The molecule has 1 rings (SSSR count). The molecule has 20 heavy (non-hydrogen) atoms. The number of carbonyl (C=O) groups excluding carboxylic acids is 1. The van der Waals surface area contributed by atoms with E-state index < -0.39 is 17.9 Å². The summed E-state index contributed by atoms with van der Waals surface area (Å²) in [6, 6.07) is 5.26. The minimum atomic E-state index is -0.907. The van der Waals surface area contributed by atoms with Crippen molar-refractivity contribution in [3.05, 3.63) is 30.1 Å². The third-order valence-electron chi connectivity index (χ3n) is 2.66. The molecule has 110 valence electrons. The van der Waals surface area contributed by atoms with Gasteiger partial charge in [0, 0.05) is 18.5 Å². The van der Waals surface area contributed by atoms with Crippen LogP contribution in [0.4, 0.5) is 4.39 Å². The van der Waals surface area contributed by atoms with Gasteiger partial charge in [-0.3, -0.25) is 9.59 Å². The molecular formula is C14H18FNO4. The van der Waals surface area contributed by atoms with E-state index in [4.69, 9.17) is 9.84 Å². The summed E-state index contributed by atoms with van der Waals surface area (Å²) in [7, 11) is 0. The summed E-state index contributed by atoms with van der Waals surface area (Å²) in [5.74, 6) is -1.45. The standard InChI is InChI=1S/C14H18FNO4/c1-9(6-7-13(17)18)16-14(19)10(2)20-12-5-3-4-11(15)8-12/h3-5,8-10H,6-7H2,1-2H3,(H,16,19)(H,17,18). The van der Waals surface area contributed by atoms with Gasteiger partial charge in [-0.25, -0.2) is 4.39 Å². The number of halogens is 1. The molecular weight excluding hydrogens is 265 g/mol. The van der Waals surface area contributed by atoms with Crippen molar-refractivity contribution in [3.63, 3.8) is 0 Å². The second-order valence-corrected chi connectivity index (χ2v) is 4.56. The number of carbonyl (C=O) groups is 2. The van der Waals surface area contributed by atoms with Gasteiger partial charge < -0.3 is 15.2 Å². The lowest BCUT2D eigenvalue weighted by Gasteiger charge is -2.18. The van der Waals surface area contributed by atoms with Crippen LogP contribution < -0.4 is 10.1 Å². The fourth-order valence-corrected chi connectivity index (χ4v) is 1.57. The van der Waals surface area contributed by atoms with E-state index in [0.717, 1.165) is 0 Å². The number of rotatable bonds is 7. The van der Waals surface area contributed by atoms with Crippen molar-refractivity contribution in [2.45, 2.75) is 38.8 Å². The van der Waals surface area contributed by atoms with E-state index in [0.29, 0.717) is 6.42 Å². The number of carboxylic acids is 1. The Morgan fingerprint density at radius 2 is 2.10 bits per heavy atom. The fourth-order valence-electron chi connectivity index (χ4n) is 1.57. The average molecular weight is 283 g/mol. The first-order valence-electron chi connectivity index (χ1n) is 6.33. The van der Waals surface area contributed by atoms with Crippen LogP contribution in [0, 0.1) is 5.82 Å². The fraction of sp³-hybridized carbons (Fsp3) is 0.429. The topological polar surface area (TPSA) is 75.6 Å². The minimum Gasteiger partial charge on any atom is -0.481 e.